The van der Waals surface area contributed by atoms with Crippen LogP contribution in [0.3, 0.4) is 0 Å². The molecular formula is C19H16N2O4S. The summed E-state index contributed by atoms with van der Waals surface area (Å²) in [6.07, 6.45) is 3.76. The minimum Gasteiger partial charge on any atom is -0.497 e. The van der Waals surface area contributed by atoms with Crippen molar-refractivity contribution in [1.82, 2.24) is 0 Å². The molecule has 2 N–H and O–H groups in total. The summed E-state index contributed by atoms with van der Waals surface area (Å²) >= 11 is 1.38. The molecule has 1 heterocycles. The molecular weight excluding hydrogens is 352 g/mol. The summed E-state index contributed by atoms with van der Waals surface area (Å²) in [7, 11) is 1.49. The van der Waals surface area contributed by atoms with E-state index in [0.717, 1.165) is 35.8 Å². The van der Waals surface area contributed by atoms with Gasteiger partial charge < -0.3 is 15.2 Å². The maximum absolute atomic E-state index is 12.4. The van der Waals surface area contributed by atoms with Crippen LogP contribution in [0.1, 0.15) is 32.8 Å². The molecule has 1 aromatic carbocycles. The standard InChI is InChI=1S/C19H16N2O4S/c1-25-12-5-2-4-11(8-12)16(22)9-15(19(23)24)21-18-14(10-20)13-6-3-7-17(13)26-18/h2,4-5,8-9,21H,3,6-7H2,1H3,(H,23,24)/b15-9-. The Hall–Kier alpha value is -3.11. The number of thiophene rings is 1. The Morgan fingerprint density at radius 1 is 1.38 bits per heavy atom. The number of nitriles is 1. The Morgan fingerprint density at radius 3 is 2.88 bits per heavy atom. The fourth-order valence-electron chi connectivity index (χ4n) is 2.87. The number of allylic oxidation sites excluding steroid dienone is 1. The summed E-state index contributed by atoms with van der Waals surface area (Å²) in [5.41, 5.74) is 1.51. The third kappa shape index (κ3) is 3.46. The normalized spacial score (nSPS) is 13.0. The molecule has 0 amide bonds. The van der Waals surface area contributed by atoms with E-state index in [-0.39, 0.29) is 5.70 Å². The molecule has 0 saturated carbocycles. The number of carboxylic acid groups (broad SMARTS) is 1. The number of rotatable bonds is 6. The first kappa shape index (κ1) is 17.7. The zero-order valence-corrected chi connectivity index (χ0v) is 14.9. The van der Waals surface area contributed by atoms with Crippen molar-refractivity contribution in [3.8, 4) is 11.8 Å². The number of aliphatic carboxylic acids is 1. The molecule has 3 rings (SSSR count). The molecule has 0 saturated heterocycles. The van der Waals surface area contributed by atoms with Crippen LogP contribution in [-0.2, 0) is 17.6 Å². The lowest BCUT2D eigenvalue weighted by atomic mass is 10.1. The first-order valence-corrected chi connectivity index (χ1v) is 8.80. The fourth-order valence-corrected chi connectivity index (χ4v) is 4.13. The molecule has 0 fully saturated rings. The molecule has 0 bridgehead atoms. The number of methoxy groups -OCH3 is 1. The van der Waals surface area contributed by atoms with E-state index in [1.807, 2.05) is 0 Å². The van der Waals surface area contributed by atoms with Gasteiger partial charge in [-0.05, 0) is 37.0 Å². The van der Waals surface area contributed by atoms with Crippen LogP contribution in [0.15, 0.2) is 36.0 Å². The second-order valence-corrected chi connectivity index (χ2v) is 6.86. The van der Waals surface area contributed by atoms with E-state index < -0.39 is 11.8 Å². The lowest BCUT2D eigenvalue weighted by Gasteiger charge is -2.06. The van der Waals surface area contributed by atoms with Gasteiger partial charge in [-0.15, -0.1) is 11.3 Å². The summed E-state index contributed by atoms with van der Waals surface area (Å²) in [5, 5.41) is 22.1. The Morgan fingerprint density at radius 2 is 2.19 bits per heavy atom. The lowest BCUT2D eigenvalue weighted by Crippen LogP contribution is -2.13. The highest BCUT2D eigenvalue weighted by Gasteiger charge is 2.23. The topological polar surface area (TPSA) is 99.4 Å². The number of carboxylic acids is 1. The molecule has 7 heteroatoms. The molecule has 0 radical (unpaired) electrons. The van der Waals surface area contributed by atoms with Gasteiger partial charge in [0.05, 0.1) is 12.7 Å². The summed E-state index contributed by atoms with van der Waals surface area (Å²) in [4.78, 5) is 25.1. The Bertz CT molecular complexity index is 953. The molecule has 6 nitrogen and oxygen atoms in total. The molecule has 0 unspecified atom stereocenters. The number of anilines is 1. The summed E-state index contributed by atoms with van der Waals surface area (Å²) in [5.74, 6) is -1.22. The fraction of sp³-hybridized carbons (Fsp3) is 0.211. The van der Waals surface area contributed by atoms with Crippen LogP contribution in [0, 0.1) is 11.3 Å². The molecule has 1 aliphatic rings. The zero-order chi connectivity index (χ0) is 18.7. The minimum atomic E-state index is -1.27. The number of hydrogen-bond acceptors (Lipinski definition) is 6. The van der Waals surface area contributed by atoms with Crippen molar-refractivity contribution in [2.75, 3.05) is 12.4 Å². The van der Waals surface area contributed by atoms with Crippen LogP contribution in [0.2, 0.25) is 0 Å². The molecule has 132 valence electrons. The summed E-state index contributed by atoms with van der Waals surface area (Å²) < 4.78 is 5.08. The number of aryl methyl sites for hydroxylation is 1. The predicted molar refractivity (Wildman–Crippen MR) is 97.7 cm³/mol. The van der Waals surface area contributed by atoms with Gasteiger partial charge in [-0.25, -0.2) is 4.79 Å². The Labute approximate surface area is 154 Å². The van der Waals surface area contributed by atoms with Gasteiger partial charge in [-0.2, -0.15) is 5.26 Å². The monoisotopic (exact) mass is 368 g/mol. The smallest absolute Gasteiger partial charge is 0.352 e. The second kappa shape index (κ2) is 7.42. The third-order valence-corrected chi connectivity index (χ3v) is 5.35. The molecule has 0 atom stereocenters. The van der Waals surface area contributed by atoms with Gasteiger partial charge >= 0.3 is 5.97 Å². The van der Waals surface area contributed by atoms with Crippen molar-refractivity contribution >= 4 is 28.1 Å². The number of nitrogens with one attached hydrogen (secondary N) is 1. The van der Waals surface area contributed by atoms with Gasteiger partial charge in [0.15, 0.2) is 5.78 Å². The van der Waals surface area contributed by atoms with Crippen LogP contribution < -0.4 is 10.1 Å². The number of ether oxygens (including phenoxy) is 1. The van der Waals surface area contributed by atoms with Crippen molar-refractivity contribution in [2.24, 2.45) is 0 Å². The van der Waals surface area contributed by atoms with Crippen molar-refractivity contribution in [3.63, 3.8) is 0 Å². The van der Waals surface area contributed by atoms with Crippen LogP contribution >= 0.6 is 11.3 Å². The first-order valence-electron chi connectivity index (χ1n) is 7.98. The van der Waals surface area contributed by atoms with E-state index >= 15 is 0 Å². The Balaban J connectivity index is 1.90. The Kier molecular flexibility index (Phi) is 5.05. The highest BCUT2D eigenvalue weighted by atomic mass is 32.1. The van der Waals surface area contributed by atoms with Gasteiger partial charge in [0.1, 0.15) is 22.5 Å². The zero-order valence-electron chi connectivity index (χ0n) is 14.0. The lowest BCUT2D eigenvalue weighted by molar-refractivity contribution is -0.132. The predicted octanol–water partition coefficient (Wildman–Crippen LogP) is 3.38. The summed E-state index contributed by atoms with van der Waals surface area (Å²) in [6, 6.07) is 8.63. The highest BCUT2D eigenvalue weighted by Crippen LogP contribution is 2.39. The van der Waals surface area contributed by atoms with Crippen molar-refractivity contribution in [3.05, 3.63) is 57.6 Å². The average molecular weight is 368 g/mol. The van der Waals surface area contributed by atoms with Gasteiger partial charge in [-0.3, -0.25) is 4.79 Å². The van der Waals surface area contributed by atoms with E-state index in [9.17, 15) is 20.0 Å². The maximum atomic E-state index is 12.4. The third-order valence-electron chi connectivity index (χ3n) is 4.14. The summed E-state index contributed by atoms with van der Waals surface area (Å²) in [6.45, 7) is 0. The van der Waals surface area contributed by atoms with E-state index in [2.05, 4.69) is 11.4 Å². The number of nitrogens with zero attached hydrogens (tertiary/aromatic N) is 1. The molecule has 0 aliphatic heterocycles. The number of carbonyl (C=O) groups excluding carboxylic acids is 1. The largest absolute Gasteiger partial charge is 0.497 e. The van der Waals surface area contributed by atoms with Crippen LogP contribution in [0.25, 0.3) is 0 Å². The number of fused-ring (bicyclic) bond motifs is 1. The number of carbonyl (C=O) groups is 2. The molecule has 0 spiro atoms. The number of ketones is 1. The van der Waals surface area contributed by atoms with Crippen molar-refractivity contribution < 1.29 is 19.4 Å². The molecule has 2 aromatic rings. The maximum Gasteiger partial charge on any atom is 0.352 e. The van der Waals surface area contributed by atoms with E-state index in [4.69, 9.17) is 4.74 Å². The minimum absolute atomic E-state index is 0.269. The number of benzene rings is 1. The quantitative estimate of drug-likeness (QED) is 0.599. The van der Waals surface area contributed by atoms with Gasteiger partial charge in [0.2, 0.25) is 0 Å². The second-order valence-electron chi connectivity index (χ2n) is 5.76. The van der Waals surface area contributed by atoms with E-state index in [0.29, 0.717) is 21.9 Å². The molecule has 1 aliphatic carbocycles. The van der Waals surface area contributed by atoms with Crippen molar-refractivity contribution in [1.29, 1.82) is 5.26 Å². The molecule has 26 heavy (non-hydrogen) atoms. The number of hydrogen-bond donors (Lipinski definition) is 2. The van der Waals surface area contributed by atoms with E-state index in [1.165, 1.54) is 18.4 Å². The SMILES string of the molecule is COc1cccc(C(=O)/C=C(\Nc2sc3c(c2C#N)CCC3)C(=O)O)c1. The van der Waals surface area contributed by atoms with Gasteiger partial charge in [-0.1, -0.05) is 12.1 Å². The van der Waals surface area contributed by atoms with Crippen LogP contribution in [0.4, 0.5) is 5.00 Å². The first-order chi connectivity index (χ1) is 12.5. The molecule has 1 aromatic heterocycles. The van der Waals surface area contributed by atoms with Gasteiger partial charge in [0, 0.05) is 16.5 Å². The van der Waals surface area contributed by atoms with Crippen LogP contribution in [-0.4, -0.2) is 24.0 Å². The van der Waals surface area contributed by atoms with Crippen LogP contribution in [0.5, 0.6) is 5.75 Å². The average Bonchev–Trinajstić information content (AvgIpc) is 3.21. The van der Waals surface area contributed by atoms with Crippen molar-refractivity contribution in [2.45, 2.75) is 19.3 Å². The van der Waals surface area contributed by atoms with Gasteiger partial charge in [0.25, 0.3) is 0 Å². The van der Waals surface area contributed by atoms with E-state index in [1.54, 1.807) is 24.3 Å². The highest BCUT2D eigenvalue weighted by molar-refractivity contribution is 7.16.